The fourth-order valence-corrected chi connectivity index (χ4v) is 1.91. The van der Waals surface area contributed by atoms with Crippen LogP contribution in [0.4, 0.5) is 0 Å². The van der Waals surface area contributed by atoms with Crippen LogP contribution in [0.3, 0.4) is 0 Å². The Morgan fingerprint density at radius 2 is 2.06 bits per heavy atom. The van der Waals surface area contributed by atoms with Crippen molar-refractivity contribution in [2.45, 2.75) is 27.2 Å². The lowest BCUT2D eigenvalue weighted by atomic mass is 9.91. The molecule has 2 aromatic rings. The van der Waals surface area contributed by atoms with Crippen molar-refractivity contribution in [1.29, 1.82) is 0 Å². The smallest absolute Gasteiger partial charge is 0.339 e. The highest BCUT2D eigenvalue weighted by Gasteiger charge is 2.14. The molecule has 0 unspecified atom stereocenters. The minimum Gasteiger partial charge on any atom is -0.465 e. The largest absolute Gasteiger partial charge is 0.465 e. The molecule has 0 aliphatic rings. The van der Waals surface area contributed by atoms with E-state index in [1.807, 2.05) is 16.7 Å². The molecule has 2 rings (SSSR count). The molecule has 4 nitrogen and oxygen atoms in total. The van der Waals surface area contributed by atoms with Crippen LogP contribution in [0.25, 0.3) is 5.65 Å². The third kappa shape index (κ3) is 2.70. The van der Waals surface area contributed by atoms with Crippen molar-refractivity contribution in [3.63, 3.8) is 0 Å². The van der Waals surface area contributed by atoms with Gasteiger partial charge < -0.3 is 9.14 Å². The zero-order chi connectivity index (χ0) is 13.3. The van der Waals surface area contributed by atoms with Gasteiger partial charge >= 0.3 is 5.97 Å². The van der Waals surface area contributed by atoms with Gasteiger partial charge in [-0.3, -0.25) is 0 Å². The maximum absolute atomic E-state index is 11.4. The Hall–Kier alpha value is -1.84. The van der Waals surface area contributed by atoms with Gasteiger partial charge in [-0.05, 0) is 24.0 Å². The molecule has 0 saturated heterocycles. The van der Waals surface area contributed by atoms with Crippen molar-refractivity contribution in [2.24, 2.45) is 5.41 Å². The number of nitrogens with zero attached hydrogens (tertiary/aromatic N) is 2. The first-order valence-corrected chi connectivity index (χ1v) is 5.95. The molecule has 0 aliphatic carbocycles. The van der Waals surface area contributed by atoms with E-state index in [1.165, 1.54) is 7.11 Å². The Morgan fingerprint density at radius 3 is 2.67 bits per heavy atom. The lowest BCUT2D eigenvalue weighted by Crippen LogP contribution is -2.09. The average molecular weight is 246 g/mol. The van der Waals surface area contributed by atoms with E-state index in [1.54, 1.807) is 12.3 Å². The highest BCUT2D eigenvalue weighted by atomic mass is 16.5. The minimum atomic E-state index is -0.331. The van der Waals surface area contributed by atoms with Crippen molar-refractivity contribution in [2.75, 3.05) is 7.11 Å². The quantitative estimate of drug-likeness (QED) is 0.765. The number of hydrogen-bond donors (Lipinski definition) is 0. The molecule has 0 N–H and O–H groups in total. The predicted octanol–water partition coefficient (Wildman–Crippen LogP) is 2.71. The summed E-state index contributed by atoms with van der Waals surface area (Å²) in [5.41, 5.74) is 2.61. The average Bonchev–Trinajstić information content (AvgIpc) is 2.66. The van der Waals surface area contributed by atoms with Crippen molar-refractivity contribution in [3.05, 3.63) is 35.8 Å². The van der Waals surface area contributed by atoms with Crippen LogP contribution >= 0.6 is 0 Å². The number of rotatable bonds is 2. The van der Waals surface area contributed by atoms with Gasteiger partial charge in [0, 0.05) is 12.4 Å². The molecule has 2 aromatic heterocycles. The first kappa shape index (κ1) is 12.6. The highest BCUT2D eigenvalue weighted by molar-refractivity contribution is 5.89. The summed E-state index contributed by atoms with van der Waals surface area (Å²) in [5.74, 6) is -0.331. The molecule has 0 atom stereocenters. The second-order valence-electron chi connectivity index (χ2n) is 5.64. The first-order valence-electron chi connectivity index (χ1n) is 5.95. The van der Waals surface area contributed by atoms with Gasteiger partial charge in [0.2, 0.25) is 0 Å². The van der Waals surface area contributed by atoms with Crippen molar-refractivity contribution in [1.82, 2.24) is 9.38 Å². The van der Waals surface area contributed by atoms with Gasteiger partial charge in [-0.1, -0.05) is 20.8 Å². The molecule has 4 heteroatoms. The van der Waals surface area contributed by atoms with Crippen LogP contribution in [0.2, 0.25) is 0 Å². The molecule has 18 heavy (non-hydrogen) atoms. The van der Waals surface area contributed by atoms with Crippen molar-refractivity contribution >= 4 is 11.6 Å². The zero-order valence-electron chi connectivity index (χ0n) is 11.2. The fraction of sp³-hybridized carbons (Fsp3) is 0.429. The Morgan fingerprint density at radius 1 is 1.33 bits per heavy atom. The summed E-state index contributed by atoms with van der Waals surface area (Å²) in [6.45, 7) is 6.53. The second kappa shape index (κ2) is 4.44. The number of ether oxygens (including phenoxy) is 1. The minimum absolute atomic E-state index is 0.198. The number of esters is 1. The summed E-state index contributed by atoms with van der Waals surface area (Å²) in [6, 6.07) is 3.56. The van der Waals surface area contributed by atoms with E-state index in [-0.39, 0.29) is 11.4 Å². The van der Waals surface area contributed by atoms with Crippen LogP contribution in [0.15, 0.2) is 24.5 Å². The van der Waals surface area contributed by atoms with Gasteiger partial charge in [0.25, 0.3) is 0 Å². The molecular formula is C14H18N2O2. The van der Waals surface area contributed by atoms with Crippen LogP contribution in [0, 0.1) is 5.41 Å². The third-order valence-corrected chi connectivity index (χ3v) is 2.63. The summed E-state index contributed by atoms with van der Waals surface area (Å²) in [7, 11) is 1.38. The van der Waals surface area contributed by atoms with Crippen LogP contribution in [-0.4, -0.2) is 22.5 Å². The van der Waals surface area contributed by atoms with E-state index >= 15 is 0 Å². The first-order chi connectivity index (χ1) is 8.39. The topological polar surface area (TPSA) is 43.6 Å². The predicted molar refractivity (Wildman–Crippen MR) is 69.7 cm³/mol. The molecular weight excluding hydrogens is 228 g/mol. The van der Waals surface area contributed by atoms with Gasteiger partial charge in [0.05, 0.1) is 18.4 Å². The van der Waals surface area contributed by atoms with Crippen LogP contribution < -0.4 is 0 Å². The third-order valence-electron chi connectivity index (χ3n) is 2.63. The molecule has 0 aliphatic heterocycles. The molecule has 0 fully saturated rings. The highest BCUT2D eigenvalue weighted by Crippen LogP contribution is 2.20. The zero-order valence-corrected chi connectivity index (χ0v) is 11.2. The molecule has 0 amide bonds. The van der Waals surface area contributed by atoms with Gasteiger partial charge in [0.1, 0.15) is 5.65 Å². The fourth-order valence-electron chi connectivity index (χ4n) is 1.91. The summed E-state index contributed by atoms with van der Waals surface area (Å²) in [4.78, 5) is 16.0. The van der Waals surface area contributed by atoms with E-state index in [2.05, 4.69) is 25.8 Å². The maximum atomic E-state index is 11.4. The summed E-state index contributed by atoms with van der Waals surface area (Å²) < 4.78 is 6.57. The second-order valence-corrected chi connectivity index (χ2v) is 5.64. The summed E-state index contributed by atoms with van der Waals surface area (Å²) in [6.07, 6.45) is 4.62. The number of imidazole rings is 1. The Bertz CT molecular complexity index is 579. The molecule has 0 radical (unpaired) electrons. The molecule has 0 bridgehead atoms. The van der Waals surface area contributed by atoms with Crippen LogP contribution in [0.5, 0.6) is 0 Å². The van der Waals surface area contributed by atoms with Crippen LogP contribution in [0.1, 0.15) is 36.8 Å². The lowest BCUT2D eigenvalue weighted by Gasteiger charge is -2.15. The number of carbonyl (C=O) groups is 1. The standard InChI is InChI=1S/C14H18N2O2/c1-14(2,3)7-11-9-16-8-10(13(17)18-4)5-6-12(16)15-11/h5-6,8-9H,7H2,1-4H3. The summed E-state index contributed by atoms with van der Waals surface area (Å²) >= 11 is 0. The Balaban J connectivity index is 2.37. The number of hydrogen-bond acceptors (Lipinski definition) is 3. The molecule has 0 spiro atoms. The Labute approximate surface area is 107 Å². The lowest BCUT2D eigenvalue weighted by molar-refractivity contribution is 0.0600. The van der Waals surface area contributed by atoms with Gasteiger partial charge in [-0.15, -0.1) is 0 Å². The molecule has 96 valence electrons. The van der Waals surface area contributed by atoms with E-state index in [4.69, 9.17) is 4.74 Å². The maximum Gasteiger partial charge on any atom is 0.339 e. The van der Waals surface area contributed by atoms with E-state index in [0.29, 0.717) is 5.56 Å². The molecule has 2 heterocycles. The number of methoxy groups -OCH3 is 1. The molecule has 0 saturated carbocycles. The Kier molecular flexibility index (Phi) is 3.11. The van der Waals surface area contributed by atoms with Gasteiger partial charge in [-0.2, -0.15) is 0 Å². The number of fused-ring (bicyclic) bond motifs is 1. The monoisotopic (exact) mass is 246 g/mol. The number of aromatic nitrogens is 2. The van der Waals surface area contributed by atoms with E-state index in [0.717, 1.165) is 17.8 Å². The van der Waals surface area contributed by atoms with Crippen molar-refractivity contribution < 1.29 is 9.53 Å². The van der Waals surface area contributed by atoms with Gasteiger partial charge in [0.15, 0.2) is 0 Å². The van der Waals surface area contributed by atoms with Crippen LogP contribution in [-0.2, 0) is 11.2 Å². The SMILES string of the molecule is COC(=O)c1ccc2nc(CC(C)(C)C)cn2c1. The van der Waals surface area contributed by atoms with E-state index in [9.17, 15) is 4.79 Å². The number of pyridine rings is 1. The van der Waals surface area contributed by atoms with Gasteiger partial charge in [-0.25, -0.2) is 9.78 Å². The normalized spacial score (nSPS) is 11.8. The number of carbonyl (C=O) groups excluding carboxylic acids is 1. The summed E-state index contributed by atoms with van der Waals surface area (Å²) in [5, 5.41) is 0. The van der Waals surface area contributed by atoms with Crippen molar-refractivity contribution in [3.8, 4) is 0 Å². The molecule has 0 aromatic carbocycles. The van der Waals surface area contributed by atoms with E-state index < -0.39 is 0 Å².